The van der Waals surface area contributed by atoms with Gasteiger partial charge in [0.1, 0.15) is 28.3 Å². The van der Waals surface area contributed by atoms with Crippen LogP contribution in [-0.4, -0.2) is 45.0 Å². The average Bonchev–Trinajstić information content (AvgIpc) is 3.49. The van der Waals surface area contributed by atoms with Gasteiger partial charge in [-0.15, -0.1) is 0 Å². The molecule has 1 saturated heterocycles. The molecule has 3 aromatic carbocycles. The molecule has 0 unspecified atom stereocenters. The number of H-pyrrole nitrogens is 1. The summed E-state index contributed by atoms with van der Waals surface area (Å²) in [6, 6.07) is 14.0. The Morgan fingerprint density at radius 1 is 1.14 bits per heavy atom. The smallest absolute Gasteiger partial charge is 0.264 e. The molecule has 0 spiro atoms. The third kappa shape index (κ3) is 5.06. The van der Waals surface area contributed by atoms with E-state index in [1.807, 2.05) is 12.1 Å². The van der Waals surface area contributed by atoms with Crippen LogP contribution < -0.4 is 19.9 Å². The zero-order chi connectivity index (χ0) is 24.6. The maximum atomic E-state index is 14.2. The number of anilines is 2. The van der Waals surface area contributed by atoms with E-state index in [0.29, 0.717) is 35.7 Å². The van der Waals surface area contributed by atoms with Crippen molar-refractivity contribution >= 4 is 45.9 Å². The van der Waals surface area contributed by atoms with Gasteiger partial charge in [0.25, 0.3) is 10.0 Å². The fraction of sp³-hybridized carbons (Fsp3) is 0.208. The summed E-state index contributed by atoms with van der Waals surface area (Å²) < 4.78 is 58.7. The maximum absolute atomic E-state index is 14.2. The number of nitrogens with two attached hydrogens (primary N) is 1. The van der Waals surface area contributed by atoms with E-state index in [-0.39, 0.29) is 31.0 Å². The van der Waals surface area contributed by atoms with E-state index >= 15 is 0 Å². The Morgan fingerprint density at radius 2 is 1.92 bits per heavy atom. The first-order valence-corrected chi connectivity index (χ1v) is 12.3. The Kier molecular flexibility index (Phi) is 7.29. The van der Waals surface area contributed by atoms with E-state index in [1.165, 1.54) is 13.2 Å². The van der Waals surface area contributed by atoms with Crippen molar-refractivity contribution in [2.45, 2.75) is 17.4 Å². The van der Waals surface area contributed by atoms with Crippen LogP contribution in [0.15, 0.2) is 59.5 Å². The van der Waals surface area contributed by atoms with Gasteiger partial charge in [-0.1, -0.05) is 12.1 Å². The third-order valence-corrected chi connectivity index (χ3v) is 7.13. The largest absolute Gasteiger partial charge is 0.497 e. The van der Waals surface area contributed by atoms with Gasteiger partial charge < -0.3 is 19.9 Å². The summed E-state index contributed by atoms with van der Waals surface area (Å²) in [5.74, 6) is 0.300. The summed E-state index contributed by atoms with van der Waals surface area (Å²) in [5.41, 5.74) is 8.67. The first-order chi connectivity index (χ1) is 16.8. The number of aromatic nitrogens is 2. The van der Waals surface area contributed by atoms with Crippen LogP contribution in [0.3, 0.4) is 0 Å². The lowest BCUT2D eigenvalue weighted by atomic mass is 10.0. The third-order valence-electron chi connectivity index (χ3n) is 5.73. The number of nitrogens with one attached hydrogen (secondary N) is 2. The van der Waals surface area contributed by atoms with E-state index in [1.54, 1.807) is 24.3 Å². The zero-order valence-electron chi connectivity index (χ0n) is 19.2. The number of benzene rings is 3. The molecule has 9 nitrogen and oxygen atoms in total. The Hall–Kier alpha value is -3.48. The molecule has 0 amide bonds. The number of nitrogen functional groups attached to an aromatic ring is 1. The summed E-state index contributed by atoms with van der Waals surface area (Å²) in [4.78, 5) is -0.499. The van der Waals surface area contributed by atoms with Crippen molar-refractivity contribution in [2.75, 3.05) is 30.8 Å². The molecule has 0 bridgehead atoms. The van der Waals surface area contributed by atoms with E-state index < -0.39 is 20.7 Å². The van der Waals surface area contributed by atoms with Gasteiger partial charge in [-0.3, -0.25) is 9.82 Å². The highest BCUT2D eigenvalue weighted by Crippen LogP contribution is 2.36. The molecular weight excluding hydrogens is 507 g/mol. The fourth-order valence-electron chi connectivity index (χ4n) is 3.95. The van der Waals surface area contributed by atoms with E-state index in [9.17, 15) is 12.8 Å². The topological polar surface area (TPSA) is 129 Å². The molecule has 0 saturated carbocycles. The van der Waals surface area contributed by atoms with E-state index in [4.69, 9.17) is 19.9 Å². The normalized spacial score (nSPS) is 15.4. The van der Waals surface area contributed by atoms with E-state index in [0.717, 1.165) is 29.7 Å². The number of sulfonamides is 1. The predicted octanol–water partition coefficient (Wildman–Crippen LogP) is 4.04. The lowest BCUT2D eigenvalue weighted by molar-refractivity contribution is 0.142. The minimum Gasteiger partial charge on any atom is -0.497 e. The molecule has 0 radical (unpaired) electrons. The Bertz CT molecular complexity index is 1490. The average molecular weight is 533 g/mol. The number of fused-ring (bicyclic) bond motifs is 1. The minimum absolute atomic E-state index is 0. The number of halogens is 1. The number of hydrogen-bond donors (Lipinski definition) is 3. The molecule has 1 fully saturated rings. The van der Waals surface area contributed by atoms with Gasteiger partial charge in [-0.2, -0.15) is 18.6 Å². The Balaban J connectivity index is 0.00000304. The highest BCUT2D eigenvalue weighted by atomic mass is 32.2. The van der Waals surface area contributed by atoms with Gasteiger partial charge in [0.05, 0.1) is 31.2 Å². The van der Waals surface area contributed by atoms with Crippen LogP contribution in [-0.2, 0) is 14.8 Å². The lowest BCUT2D eigenvalue weighted by Crippen LogP contribution is -2.16. The van der Waals surface area contributed by atoms with Gasteiger partial charge in [0, 0.05) is 18.2 Å². The van der Waals surface area contributed by atoms with Crippen LogP contribution in [0.5, 0.6) is 11.5 Å². The number of hydrogen-bond acceptors (Lipinski definition) is 7. The summed E-state index contributed by atoms with van der Waals surface area (Å²) in [6.45, 7) is 1.15. The highest BCUT2D eigenvalue weighted by molar-refractivity contribution is 7.92. The first kappa shape index (κ1) is 25.6. The number of nitrogens with zero attached hydrogens (tertiary/aromatic N) is 1. The second kappa shape index (κ2) is 10.2. The van der Waals surface area contributed by atoms with Crippen molar-refractivity contribution in [3.05, 3.63) is 60.4 Å². The SMILES string of the molecule is COc1ccc(F)c(S(=O)(=O)Nc2ccc(-c3cc(O[C@H]4CCOC4)c4c(N)n[nH]c4c3)cc2)c1.S. The van der Waals surface area contributed by atoms with Crippen LogP contribution in [0, 0.1) is 5.82 Å². The Morgan fingerprint density at radius 3 is 2.61 bits per heavy atom. The number of rotatable bonds is 7. The summed E-state index contributed by atoms with van der Waals surface area (Å²) in [6.07, 6.45) is 0.711. The van der Waals surface area contributed by atoms with Crippen LogP contribution in [0.4, 0.5) is 15.9 Å². The number of ether oxygens (including phenoxy) is 3. The van der Waals surface area contributed by atoms with Crippen molar-refractivity contribution in [1.82, 2.24) is 10.2 Å². The predicted molar refractivity (Wildman–Crippen MR) is 140 cm³/mol. The van der Waals surface area contributed by atoms with Crippen molar-refractivity contribution < 1.29 is 27.0 Å². The summed E-state index contributed by atoms with van der Waals surface area (Å²) in [5, 5.41) is 7.71. The quantitative estimate of drug-likeness (QED) is 0.328. The summed E-state index contributed by atoms with van der Waals surface area (Å²) in [7, 11) is -2.79. The zero-order valence-corrected chi connectivity index (χ0v) is 21.1. The van der Waals surface area contributed by atoms with Gasteiger partial charge in [-0.05, 0) is 47.5 Å². The molecule has 36 heavy (non-hydrogen) atoms. The molecule has 5 rings (SSSR count). The standard InChI is InChI=1S/C24H23FN4O5S.H2S/c1-32-17-6-7-19(25)22(12-17)35(30,31)29-16-4-2-14(3-5-16)15-10-20-23(24(26)28-27-20)21(11-15)34-18-8-9-33-13-18;/h2-7,10-12,18,29H,8-9,13H2,1H3,(H3,26,27,28);1H2/t18-;/m0./s1. The van der Waals surface area contributed by atoms with Crippen LogP contribution in [0.25, 0.3) is 22.0 Å². The number of aromatic amines is 1. The first-order valence-electron chi connectivity index (χ1n) is 10.8. The van der Waals surface area contributed by atoms with E-state index in [2.05, 4.69) is 14.9 Å². The second-order valence-corrected chi connectivity index (χ2v) is 9.74. The van der Waals surface area contributed by atoms with Gasteiger partial charge >= 0.3 is 0 Å². The Labute approximate surface area is 214 Å². The molecule has 4 aromatic rings. The molecule has 1 atom stereocenters. The van der Waals surface area contributed by atoms with Crippen molar-refractivity contribution in [3.8, 4) is 22.6 Å². The van der Waals surface area contributed by atoms with Crippen molar-refractivity contribution in [1.29, 1.82) is 0 Å². The molecule has 0 aliphatic carbocycles. The molecule has 12 heteroatoms. The van der Waals surface area contributed by atoms with Crippen LogP contribution in [0.2, 0.25) is 0 Å². The maximum Gasteiger partial charge on any atom is 0.264 e. The second-order valence-electron chi connectivity index (χ2n) is 8.09. The molecular formula is C24H25FN4O5S2. The van der Waals surface area contributed by atoms with Crippen LogP contribution in [0.1, 0.15) is 6.42 Å². The molecule has 4 N–H and O–H groups in total. The van der Waals surface area contributed by atoms with Gasteiger partial charge in [-0.25, -0.2) is 12.8 Å². The number of methoxy groups -OCH3 is 1. The molecule has 1 aliphatic rings. The molecule has 190 valence electrons. The monoisotopic (exact) mass is 532 g/mol. The summed E-state index contributed by atoms with van der Waals surface area (Å²) >= 11 is 0. The van der Waals surface area contributed by atoms with Crippen molar-refractivity contribution in [3.63, 3.8) is 0 Å². The fourth-order valence-corrected chi connectivity index (χ4v) is 5.10. The van der Waals surface area contributed by atoms with Crippen LogP contribution >= 0.6 is 13.5 Å². The molecule has 2 heterocycles. The molecule has 1 aliphatic heterocycles. The minimum atomic E-state index is -4.16. The van der Waals surface area contributed by atoms with Gasteiger partial charge in [0.15, 0.2) is 5.82 Å². The molecule has 1 aromatic heterocycles. The lowest BCUT2D eigenvalue weighted by Gasteiger charge is -2.15. The van der Waals surface area contributed by atoms with Crippen molar-refractivity contribution in [2.24, 2.45) is 0 Å². The highest BCUT2D eigenvalue weighted by Gasteiger charge is 2.22. The van der Waals surface area contributed by atoms with Gasteiger partial charge in [0.2, 0.25) is 0 Å².